The highest BCUT2D eigenvalue weighted by molar-refractivity contribution is 5.44. The van der Waals surface area contributed by atoms with Crippen LogP contribution >= 0.6 is 0 Å². The molecule has 1 aliphatic rings. The number of aromatic nitrogens is 1. The van der Waals surface area contributed by atoms with Crippen LogP contribution in [0.4, 0.5) is 5.69 Å². The zero-order valence-electron chi connectivity index (χ0n) is 7.66. The van der Waals surface area contributed by atoms with Crippen LogP contribution in [0.5, 0.6) is 0 Å². The van der Waals surface area contributed by atoms with Crippen molar-refractivity contribution >= 4 is 5.69 Å². The lowest BCUT2D eigenvalue weighted by atomic mass is 10.2. The van der Waals surface area contributed by atoms with Gasteiger partial charge in [-0.1, -0.05) is 0 Å². The fraction of sp³-hybridized carbons (Fsp3) is 0.500. The summed E-state index contributed by atoms with van der Waals surface area (Å²) in [5, 5.41) is 3.45. The first kappa shape index (κ1) is 8.51. The van der Waals surface area contributed by atoms with E-state index in [1.165, 1.54) is 12.8 Å². The van der Waals surface area contributed by atoms with E-state index >= 15 is 0 Å². The van der Waals surface area contributed by atoms with Crippen molar-refractivity contribution in [3.8, 4) is 0 Å². The van der Waals surface area contributed by atoms with Crippen molar-refractivity contribution in [3.63, 3.8) is 0 Å². The van der Waals surface area contributed by atoms with Crippen molar-refractivity contribution in [2.75, 3.05) is 12.3 Å². The molecule has 1 fully saturated rings. The summed E-state index contributed by atoms with van der Waals surface area (Å²) in [7, 11) is 0. The largest absolute Gasteiger partial charge is 0.398 e. The van der Waals surface area contributed by atoms with Crippen molar-refractivity contribution in [1.29, 1.82) is 0 Å². The monoisotopic (exact) mass is 177 g/mol. The molecule has 3 heteroatoms. The average molecular weight is 177 g/mol. The molecule has 3 N–H and O–H groups in total. The van der Waals surface area contributed by atoms with E-state index in [4.69, 9.17) is 5.73 Å². The fourth-order valence-corrected chi connectivity index (χ4v) is 1.35. The van der Waals surface area contributed by atoms with Crippen molar-refractivity contribution < 1.29 is 0 Å². The standard InChI is InChI=1S/C10H15N3/c11-10-4-5-12-7-8(10)3-6-13-9-1-2-9/h4-5,7,9,13H,1-3,6H2,(H2,11,12). The summed E-state index contributed by atoms with van der Waals surface area (Å²) in [6.45, 7) is 1.01. The molecule has 0 radical (unpaired) electrons. The lowest BCUT2D eigenvalue weighted by Crippen LogP contribution is -2.19. The smallest absolute Gasteiger partial charge is 0.0377 e. The Morgan fingerprint density at radius 1 is 1.54 bits per heavy atom. The molecule has 70 valence electrons. The van der Waals surface area contributed by atoms with Crippen molar-refractivity contribution in [2.45, 2.75) is 25.3 Å². The van der Waals surface area contributed by atoms with Gasteiger partial charge in [-0.05, 0) is 37.4 Å². The molecule has 1 aromatic heterocycles. The first-order chi connectivity index (χ1) is 6.36. The number of rotatable bonds is 4. The molecular formula is C10H15N3. The van der Waals surface area contributed by atoms with E-state index in [0.29, 0.717) is 0 Å². The Morgan fingerprint density at radius 3 is 3.08 bits per heavy atom. The molecule has 1 aliphatic carbocycles. The molecule has 0 aromatic carbocycles. The molecule has 2 rings (SSSR count). The van der Waals surface area contributed by atoms with Gasteiger partial charge in [0.05, 0.1) is 0 Å². The summed E-state index contributed by atoms with van der Waals surface area (Å²) >= 11 is 0. The second-order valence-corrected chi connectivity index (χ2v) is 3.55. The number of hydrogen-bond acceptors (Lipinski definition) is 3. The molecule has 13 heavy (non-hydrogen) atoms. The highest BCUT2D eigenvalue weighted by atomic mass is 14.9. The van der Waals surface area contributed by atoms with Gasteiger partial charge in [0.2, 0.25) is 0 Å². The van der Waals surface area contributed by atoms with Gasteiger partial charge in [-0.2, -0.15) is 0 Å². The summed E-state index contributed by atoms with van der Waals surface area (Å²) in [5.41, 5.74) is 7.79. The second kappa shape index (κ2) is 3.75. The predicted octanol–water partition coefficient (Wildman–Crippen LogP) is 0.958. The maximum Gasteiger partial charge on any atom is 0.0377 e. The quantitative estimate of drug-likeness (QED) is 0.720. The molecule has 0 unspecified atom stereocenters. The number of nitrogens with one attached hydrogen (secondary N) is 1. The Kier molecular flexibility index (Phi) is 2.45. The highest BCUT2D eigenvalue weighted by Crippen LogP contribution is 2.18. The van der Waals surface area contributed by atoms with Gasteiger partial charge in [0.25, 0.3) is 0 Å². The lowest BCUT2D eigenvalue weighted by Gasteiger charge is -2.04. The summed E-state index contributed by atoms with van der Waals surface area (Å²) in [4.78, 5) is 4.05. The number of nitrogens with two attached hydrogens (primary N) is 1. The van der Waals surface area contributed by atoms with Gasteiger partial charge in [0.1, 0.15) is 0 Å². The van der Waals surface area contributed by atoms with E-state index in [-0.39, 0.29) is 0 Å². The van der Waals surface area contributed by atoms with Crippen LogP contribution in [0.25, 0.3) is 0 Å². The molecule has 1 heterocycles. The average Bonchev–Trinajstić information content (AvgIpc) is 2.92. The van der Waals surface area contributed by atoms with Crippen LogP contribution in [0, 0.1) is 0 Å². The normalized spacial score (nSPS) is 16.0. The van der Waals surface area contributed by atoms with Gasteiger partial charge in [-0.3, -0.25) is 4.98 Å². The first-order valence-corrected chi connectivity index (χ1v) is 4.78. The lowest BCUT2D eigenvalue weighted by molar-refractivity contribution is 0.682. The second-order valence-electron chi connectivity index (χ2n) is 3.55. The summed E-state index contributed by atoms with van der Waals surface area (Å²) in [6, 6.07) is 2.63. The third kappa shape index (κ3) is 2.42. The Balaban J connectivity index is 1.82. The minimum atomic E-state index is 0.776. The summed E-state index contributed by atoms with van der Waals surface area (Å²) in [6.07, 6.45) is 7.23. The first-order valence-electron chi connectivity index (χ1n) is 4.78. The molecule has 1 saturated carbocycles. The molecule has 0 aliphatic heterocycles. The third-order valence-electron chi connectivity index (χ3n) is 2.35. The van der Waals surface area contributed by atoms with E-state index in [1.54, 1.807) is 6.20 Å². The number of nitrogens with zero attached hydrogens (tertiary/aromatic N) is 1. The summed E-state index contributed by atoms with van der Waals surface area (Å²) < 4.78 is 0. The van der Waals surface area contributed by atoms with Crippen LogP contribution in [0.2, 0.25) is 0 Å². The van der Waals surface area contributed by atoms with Crippen molar-refractivity contribution in [3.05, 3.63) is 24.0 Å². The Labute approximate surface area is 78.4 Å². The van der Waals surface area contributed by atoms with Crippen LogP contribution < -0.4 is 11.1 Å². The van der Waals surface area contributed by atoms with Gasteiger partial charge in [-0.25, -0.2) is 0 Å². The zero-order chi connectivity index (χ0) is 9.10. The van der Waals surface area contributed by atoms with Crippen LogP contribution in [-0.2, 0) is 6.42 Å². The fourth-order valence-electron chi connectivity index (χ4n) is 1.35. The Bertz CT molecular complexity index is 281. The predicted molar refractivity (Wildman–Crippen MR) is 53.4 cm³/mol. The molecular weight excluding hydrogens is 162 g/mol. The maximum absolute atomic E-state index is 5.79. The van der Waals surface area contributed by atoms with Gasteiger partial charge in [0, 0.05) is 24.1 Å². The molecule has 3 nitrogen and oxygen atoms in total. The molecule has 0 atom stereocenters. The number of hydrogen-bond donors (Lipinski definition) is 2. The van der Waals surface area contributed by atoms with E-state index in [1.807, 2.05) is 12.3 Å². The van der Waals surface area contributed by atoms with Gasteiger partial charge in [-0.15, -0.1) is 0 Å². The van der Waals surface area contributed by atoms with E-state index in [2.05, 4.69) is 10.3 Å². The highest BCUT2D eigenvalue weighted by Gasteiger charge is 2.19. The minimum Gasteiger partial charge on any atom is -0.398 e. The van der Waals surface area contributed by atoms with Crippen molar-refractivity contribution in [2.24, 2.45) is 0 Å². The Hall–Kier alpha value is -1.09. The van der Waals surface area contributed by atoms with E-state index < -0.39 is 0 Å². The van der Waals surface area contributed by atoms with Crippen LogP contribution in [0.15, 0.2) is 18.5 Å². The minimum absolute atomic E-state index is 0.776. The number of pyridine rings is 1. The maximum atomic E-state index is 5.79. The summed E-state index contributed by atoms with van der Waals surface area (Å²) in [5.74, 6) is 0. The molecule has 1 aromatic rings. The Morgan fingerprint density at radius 2 is 2.38 bits per heavy atom. The topological polar surface area (TPSA) is 50.9 Å². The van der Waals surface area contributed by atoms with Crippen LogP contribution in [0.1, 0.15) is 18.4 Å². The van der Waals surface area contributed by atoms with Crippen LogP contribution in [-0.4, -0.2) is 17.6 Å². The van der Waals surface area contributed by atoms with Gasteiger partial charge < -0.3 is 11.1 Å². The van der Waals surface area contributed by atoms with Gasteiger partial charge >= 0.3 is 0 Å². The molecule has 0 spiro atoms. The van der Waals surface area contributed by atoms with Crippen LogP contribution in [0.3, 0.4) is 0 Å². The zero-order valence-corrected chi connectivity index (χ0v) is 7.66. The number of anilines is 1. The molecule has 0 saturated heterocycles. The van der Waals surface area contributed by atoms with Crippen molar-refractivity contribution in [1.82, 2.24) is 10.3 Å². The van der Waals surface area contributed by atoms with E-state index in [0.717, 1.165) is 30.3 Å². The molecule has 0 amide bonds. The number of nitrogen functional groups attached to an aromatic ring is 1. The van der Waals surface area contributed by atoms with Gasteiger partial charge in [0.15, 0.2) is 0 Å². The molecule has 0 bridgehead atoms. The third-order valence-corrected chi connectivity index (χ3v) is 2.35. The SMILES string of the molecule is Nc1ccncc1CCNC1CC1. The van der Waals surface area contributed by atoms with E-state index in [9.17, 15) is 0 Å².